The number of anilines is 1. The van der Waals surface area contributed by atoms with Crippen LogP contribution in [0.4, 0.5) is 5.13 Å². The zero-order valence-electron chi connectivity index (χ0n) is 10.8. The second kappa shape index (κ2) is 5.29. The Hall–Kier alpha value is -0.720. The van der Waals surface area contributed by atoms with Gasteiger partial charge in [-0.25, -0.2) is 4.98 Å². The summed E-state index contributed by atoms with van der Waals surface area (Å²) in [4.78, 5) is 9.24. The predicted octanol–water partition coefficient (Wildman–Crippen LogP) is 0.741. The predicted molar refractivity (Wildman–Crippen MR) is 71.7 cm³/mol. The third-order valence-corrected chi connectivity index (χ3v) is 3.92. The van der Waals surface area contributed by atoms with Gasteiger partial charge in [-0.1, -0.05) is 13.8 Å². The van der Waals surface area contributed by atoms with E-state index in [4.69, 9.17) is 5.73 Å². The lowest BCUT2D eigenvalue weighted by molar-refractivity contribution is 0.269. The lowest BCUT2D eigenvalue weighted by atomic mass is 10.2. The van der Waals surface area contributed by atoms with E-state index in [9.17, 15) is 0 Å². The number of likely N-dealkylation sites (N-methyl/N-ethyl adjacent to an activating group) is 1. The first-order valence-corrected chi connectivity index (χ1v) is 6.88. The van der Waals surface area contributed by atoms with Crippen LogP contribution in [0.1, 0.15) is 25.6 Å². The minimum Gasteiger partial charge on any atom is -0.340 e. The van der Waals surface area contributed by atoms with Crippen LogP contribution in [-0.4, -0.2) is 53.5 Å². The lowest BCUT2D eigenvalue weighted by Gasteiger charge is -2.39. The van der Waals surface area contributed by atoms with Crippen LogP contribution >= 0.6 is 11.5 Å². The number of nitrogens with two attached hydrogens (primary N) is 1. The molecule has 0 saturated carbocycles. The summed E-state index contributed by atoms with van der Waals surface area (Å²) in [5, 5.41) is 1.03. The van der Waals surface area contributed by atoms with E-state index in [-0.39, 0.29) is 0 Å². The van der Waals surface area contributed by atoms with Crippen molar-refractivity contribution in [3.8, 4) is 0 Å². The van der Waals surface area contributed by atoms with E-state index in [0.29, 0.717) is 18.5 Å². The Labute approximate surface area is 107 Å². The van der Waals surface area contributed by atoms with Crippen LogP contribution in [0.3, 0.4) is 0 Å². The van der Waals surface area contributed by atoms with E-state index >= 15 is 0 Å². The van der Waals surface area contributed by atoms with Crippen molar-refractivity contribution in [2.75, 3.05) is 38.1 Å². The number of rotatable bonds is 3. The first-order chi connectivity index (χ1) is 8.11. The van der Waals surface area contributed by atoms with E-state index in [0.717, 1.165) is 30.6 Å². The largest absolute Gasteiger partial charge is 0.340 e. The second-order valence-electron chi connectivity index (χ2n) is 4.94. The van der Waals surface area contributed by atoms with Gasteiger partial charge in [0, 0.05) is 43.6 Å². The number of hydrogen-bond acceptors (Lipinski definition) is 6. The summed E-state index contributed by atoms with van der Waals surface area (Å²) in [5.74, 6) is 1.34. The number of hydrogen-bond donors (Lipinski definition) is 1. The molecule has 5 nitrogen and oxygen atoms in total. The summed E-state index contributed by atoms with van der Waals surface area (Å²) >= 11 is 1.50. The number of piperazine rings is 1. The average molecular weight is 255 g/mol. The van der Waals surface area contributed by atoms with E-state index in [1.165, 1.54) is 11.5 Å². The molecule has 0 aromatic carbocycles. The van der Waals surface area contributed by atoms with Gasteiger partial charge in [-0.15, -0.1) is 0 Å². The molecule has 96 valence electrons. The van der Waals surface area contributed by atoms with Gasteiger partial charge in [0.05, 0.1) is 6.04 Å². The molecular weight excluding hydrogens is 234 g/mol. The molecule has 0 radical (unpaired) electrons. The molecule has 1 atom stereocenters. The van der Waals surface area contributed by atoms with Gasteiger partial charge in [0.2, 0.25) is 5.13 Å². The minimum atomic E-state index is 0.363. The Bertz CT molecular complexity index is 364. The Morgan fingerprint density at radius 2 is 2.24 bits per heavy atom. The third-order valence-electron chi connectivity index (χ3n) is 3.15. The van der Waals surface area contributed by atoms with Crippen molar-refractivity contribution < 1.29 is 0 Å². The zero-order chi connectivity index (χ0) is 12.4. The molecular formula is C11H21N5S. The van der Waals surface area contributed by atoms with E-state index in [1.807, 2.05) is 0 Å². The molecule has 2 heterocycles. The molecule has 0 aliphatic carbocycles. The quantitative estimate of drug-likeness (QED) is 0.863. The fraction of sp³-hybridized carbons (Fsp3) is 0.818. The van der Waals surface area contributed by atoms with Crippen molar-refractivity contribution in [3.05, 3.63) is 5.82 Å². The molecule has 0 amide bonds. The van der Waals surface area contributed by atoms with Gasteiger partial charge in [-0.2, -0.15) is 4.37 Å². The number of nitrogens with zero attached hydrogens (tertiary/aromatic N) is 4. The summed E-state index contributed by atoms with van der Waals surface area (Å²) in [6, 6.07) is 0.363. The van der Waals surface area contributed by atoms with Gasteiger partial charge < -0.3 is 15.5 Å². The topological polar surface area (TPSA) is 58.3 Å². The van der Waals surface area contributed by atoms with Crippen LogP contribution in [0.25, 0.3) is 0 Å². The Kier molecular flexibility index (Phi) is 3.96. The Balaban J connectivity index is 2.14. The Morgan fingerprint density at radius 1 is 1.47 bits per heavy atom. The maximum absolute atomic E-state index is 5.85. The standard InChI is InChI=1S/C11H21N5S/c1-8(2)10-13-11(17-14-10)16-5-4-15(3)7-9(16)6-12/h8-9H,4-7,12H2,1-3H3. The number of aromatic nitrogens is 2. The molecule has 1 aliphatic rings. The normalized spacial score (nSPS) is 22.4. The molecule has 2 rings (SSSR count). The van der Waals surface area contributed by atoms with Gasteiger partial charge >= 0.3 is 0 Å². The highest BCUT2D eigenvalue weighted by Gasteiger charge is 2.26. The van der Waals surface area contributed by atoms with Crippen LogP contribution in [0.5, 0.6) is 0 Å². The molecule has 1 aromatic rings. The summed E-state index contributed by atoms with van der Waals surface area (Å²) in [6.45, 7) is 7.97. The van der Waals surface area contributed by atoms with Crippen LogP contribution in [0, 0.1) is 0 Å². The van der Waals surface area contributed by atoms with E-state index in [2.05, 4.69) is 40.1 Å². The van der Waals surface area contributed by atoms with Crippen molar-refractivity contribution in [3.63, 3.8) is 0 Å². The summed E-state index contributed by atoms with van der Waals surface area (Å²) in [7, 11) is 2.14. The highest BCUT2D eigenvalue weighted by molar-refractivity contribution is 7.09. The third kappa shape index (κ3) is 2.75. The van der Waals surface area contributed by atoms with Crippen molar-refractivity contribution in [1.82, 2.24) is 14.3 Å². The summed E-state index contributed by atoms with van der Waals surface area (Å²) < 4.78 is 4.41. The van der Waals surface area contributed by atoms with Gasteiger partial charge in [0.25, 0.3) is 0 Å². The Morgan fingerprint density at radius 3 is 2.82 bits per heavy atom. The van der Waals surface area contributed by atoms with Gasteiger partial charge in [0.15, 0.2) is 0 Å². The van der Waals surface area contributed by atoms with Crippen LogP contribution in [-0.2, 0) is 0 Å². The maximum atomic E-state index is 5.85. The molecule has 1 saturated heterocycles. The van der Waals surface area contributed by atoms with Crippen molar-refractivity contribution in [2.45, 2.75) is 25.8 Å². The fourth-order valence-corrected chi connectivity index (χ4v) is 2.95. The summed E-state index contributed by atoms with van der Waals surface area (Å²) in [5.41, 5.74) is 5.85. The monoisotopic (exact) mass is 255 g/mol. The zero-order valence-corrected chi connectivity index (χ0v) is 11.6. The maximum Gasteiger partial charge on any atom is 0.205 e. The molecule has 1 fully saturated rings. The van der Waals surface area contributed by atoms with Gasteiger partial charge in [0.1, 0.15) is 5.82 Å². The highest BCUT2D eigenvalue weighted by Crippen LogP contribution is 2.24. The molecule has 6 heteroatoms. The highest BCUT2D eigenvalue weighted by atomic mass is 32.1. The SMILES string of the molecule is CC(C)c1nsc(N2CCN(C)CC2CN)n1. The molecule has 1 unspecified atom stereocenters. The van der Waals surface area contributed by atoms with Crippen molar-refractivity contribution >= 4 is 16.7 Å². The minimum absolute atomic E-state index is 0.363. The molecule has 1 aliphatic heterocycles. The van der Waals surface area contributed by atoms with Crippen molar-refractivity contribution in [1.29, 1.82) is 0 Å². The first-order valence-electron chi connectivity index (χ1n) is 6.10. The molecule has 0 spiro atoms. The second-order valence-corrected chi connectivity index (χ2v) is 5.67. The summed E-state index contributed by atoms with van der Waals surface area (Å²) in [6.07, 6.45) is 0. The molecule has 0 bridgehead atoms. The van der Waals surface area contributed by atoms with Crippen molar-refractivity contribution in [2.24, 2.45) is 5.73 Å². The van der Waals surface area contributed by atoms with Crippen LogP contribution in [0.2, 0.25) is 0 Å². The van der Waals surface area contributed by atoms with Gasteiger partial charge in [-0.3, -0.25) is 0 Å². The van der Waals surface area contributed by atoms with Crippen LogP contribution < -0.4 is 10.6 Å². The smallest absolute Gasteiger partial charge is 0.205 e. The lowest BCUT2D eigenvalue weighted by Crippen LogP contribution is -2.55. The van der Waals surface area contributed by atoms with Crippen LogP contribution in [0.15, 0.2) is 0 Å². The van der Waals surface area contributed by atoms with Gasteiger partial charge in [-0.05, 0) is 7.05 Å². The van der Waals surface area contributed by atoms with E-state index in [1.54, 1.807) is 0 Å². The molecule has 1 aromatic heterocycles. The fourth-order valence-electron chi connectivity index (χ4n) is 2.04. The molecule has 17 heavy (non-hydrogen) atoms. The first kappa shape index (κ1) is 12.7. The average Bonchev–Trinajstić information content (AvgIpc) is 2.78. The molecule has 2 N–H and O–H groups in total. The van der Waals surface area contributed by atoms with E-state index < -0.39 is 0 Å².